The molecule has 9 nitrogen and oxygen atoms in total. The molecule has 5 rings (SSSR count). The smallest absolute Gasteiger partial charge is 0.274 e. The minimum Gasteiger partial charge on any atom is -0.481 e. The van der Waals surface area contributed by atoms with Crippen LogP contribution in [0, 0.1) is 17.6 Å². The van der Waals surface area contributed by atoms with Crippen molar-refractivity contribution in [3.8, 4) is 17.1 Å². The third kappa shape index (κ3) is 4.62. The Morgan fingerprint density at radius 1 is 1.17 bits per heavy atom. The van der Waals surface area contributed by atoms with E-state index in [-0.39, 0.29) is 58.5 Å². The number of nitrogens with zero attached hydrogens (tertiary/aromatic N) is 4. The van der Waals surface area contributed by atoms with E-state index in [1.807, 2.05) is 0 Å². The molecule has 36 heavy (non-hydrogen) atoms. The van der Waals surface area contributed by atoms with E-state index in [9.17, 15) is 18.4 Å². The molecule has 0 unspecified atom stereocenters. The Balaban J connectivity index is 1.24. The number of fused-ring (bicyclic) bond motifs is 2. The first kappa shape index (κ1) is 24.1. The second kappa shape index (κ2) is 9.81. The third-order valence-corrected chi connectivity index (χ3v) is 7.11. The number of amides is 2. The monoisotopic (exact) mass is 516 g/mol. The number of hydrogen-bond acceptors (Lipinski definition) is 6. The van der Waals surface area contributed by atoms with Crippen LogP contribution in [-0.2, 0) is 11.3 Å². The summed E-state index contributed by atoms with van der Waals surface area (Å²) in [5, 5.41) is 9.83. The lowest BCUT2D eigenvalue weighted by atomic mass is 9.89. The van der Waals surface area contributed by atoms with Crippen LogP contribution in [0.2, 0.25) is 5.02 Å². The molecule has 2 amide bonds. The van der Waals surface area contributed by atoms with Crippen molar-refractivity contribution >= 4 is 23.4 Å². The fourth-order valence-corrected chi connectivity index (χ4v) is 5.27. The number of nitrogens with one attached hydrogen (secondary N) is 2. The van der Waals surface area contributed by atoms with Gasteiger partial charge in [0.25, 0.3) is 5.91 Å². The van der Waals surface area contributed by atoms with Crippen molar-refractivity contribution in [2.75, 3.05) is 7.11 Å². The van der Waals surface area contributed by atoms with Gasteiger partial charge in [0, 0.05) is 29.6 Å². The lowest BCUT2D eigenvalue weighted by Gasteiger charge is -2.38. The molecule has 2 saturated heterocycles. The van der Waals surface area contributed by atoms with Crippen molar-refractivity contribution in [1.82, 2.24) is 30.4 Å². The Hall–Kier alpha value is -3.60. The first-order valence-electron chi connectivity index (χ1n) is 11.5. The van der Waals surface area contributed by atoms with E-state index in [1.165, 1.54) is 19.2 Å². The second-order valence-corrected chi connectivity index (χ2v) is 9.35. The van der Waals surface area contributed by atoms with Crippen molar-refractivity contribution in [2.24, 2.45) is 5.92 Å². The minimum absolute atomic E-state index is 0.0961. The first-order valence-corrected chi connectivity index (χ1v) is 11.9. The summed E-state index contributed by atoms with van der Waals surface area (Å²) in [5.41, 5.74) is 1.10. The van der Waals surface area contributed by atoms with Crippen LogP contribution in [0.4, 0.5) is 8.78 Å². The van der Waals surface area contributed by atoms with Crippen molar-refractivity contribution in [3.63, 3.8) is 0 Å². The number of ether oxygens (including phenoxy) is 1. The van der Waals surface area contributed by atoms with Gasteiger partial charge in [0.05, 0.1) is 42.5 Å². The van der Waals surface area contributed by atoms with Crippen LogP contribution in [0.5, 0.6) is 5.88 Å². The number of carbonyl (C=O) groups is 2. The van der Waals surface area contributed by atoms with E-state index in [1.54, 1.807) is 4.90 Å². The number of hydrogen-bond donors (Lipinski definition) is 2. The molecule has 0 aromatic carbocycles. The van der Waals surface area contributed by atoms with Crippen molar-refractivity contribution in [2.45, 2.75) is 44.3 Å². The fraction of sp³-hybridized carbons (Fsp3) is 0.375. The van der Waals surface area contributed by atoms with E-state index in [4.69, 9.17) is 16.3 Å². The summed E-state index contributed by atoms with van der Waals surface area (Å²) in [5.74, 6) is -1.54. The molecule has 3 aromatic rings. The molecule has 2 aliphatic heterocycles. The molecule has 0 aliphatic carbocycles. The number of H-pyrrole nitrogens is 1. The van der Waals surface area contributed by atoms with Gasteiger partial charge >= 0.3 is 0 Å². The largest absolute Gasteiger partial charge is 0.481 e. The zero-order valence-corrected chi connectivity index (χ0v) is 20.1. The summed E-state index contributed by atoms with van der Waals surface area (Å²) in [6.07, 6.45) is 4.72. The summed E-state index contributed by atoms with van der Waals surface area (Å²) in [6, 6.07) is 3.90. The Bertz CT molecular complexity index is 1300. The molecule has 2 N–H and O–H groups in total. The highest BCUT2D eigenvalue weighted by atomic mass is 35.5. The van der Waals surface area contributed by atoms with E-state index >= 15 is 0 Å². The number of methoxy groups -OCH3 is 1. The Morgan fingerprint density at radius 2 is 1.92 bits per heavy atom. The highest BCUT2D eigenvalue weighted by Gasteiger charge is 2.45. The number of pyridine rings is 2. The van der Waals surface area contributed by atoms with Crippen LogP contribution in [0.1, 0.15) is 41.9 Å². The van der Waals surface area contributed by atoms with Gasteiger partial charge in [0.2, 0.25) is 11.8 Å². The van der Waals surface area contributed by atoms with Crippen LogP contribution in [0.15, 0.2) is 30.6 Å². The van der Waals surface area contributed by atoms with E-state index in [2.05, 4.69) is 25.5 Å². The zero-order chi connectivity index (χ0) is 25.4. The van der Waals surface area contributed by atoms with Crippen LogP contribution in [-0.4, -0.2) is 56.1 Å². The summed E-state index contributed by atoms with van der Waals surface area (Å²) in [6.45, 7) is 0.0961. The number of carbonyl (C=O) groups excluding carboxylic acids is 2. The number of aromatic amines is 1. The Kier molecular flexibility index (Phi) is 6.57. The number of rotatable bonds is 6. The molecule has 12 heteroatoms. The van der Waals surface area contributed by atoms with E-state index < -0.39 is 11.6 Å². The predicted octanol–water partition coefficient (Wildman–Crippen LogP) is 3.51. The van der Waals surface area contributed by atoms with Gasteiger partial charge in [0.15, 0.2) is 11.5 Å². The summed E-state index contributed by atoms with van der Waals surface area (Å²) < 4.78 is 32.5. The van der Waals surface area contributed by atoms with Crippen LogP contribution in [0.25, 0.3) is 11.3 Å². The molecule has 0 saturated carbocycles. The summed E-state index contributed by atoms with van der Waals surface area (Å²) >= 11 is 6.00. The maximum Gasteiger partial charge on any atom is 0.274 e. The average molecular weight is 517 g/mol. The topological polar surface area (TPSA) is 113 Å². The van der Waals surface area contributed by atoms with Gasteiger partial charge in [-0.25, -0.2) is 13.8 Å². The number of aromatic nitrogens is 4. The molecule has 188 valence electrons. The number of piperidine rings is 1. The van der Waals surface area contributed by atoms with Gasteiger partial charge in [-0.3, -0.25) is 19.7 Å². The molecular weight excluding hydrogens is 494 g/mol. The molecule has 0 radical (unpaired) electrons. The maximum atomic E-state index is 14.3. The Labute approximate surface area is 210 Å². The highest BCUT2D eigenvalue weighted by Crippen LogP contribution is 2.40. The summed E-state index contributed by atoms with van der Waals surface area (Å²) in [4.78, 5) is 35.7. The molecule has 2 aliphatic rings. The molecule has 2 fully saturated rings. The SMILES string of the molecule is COc1cc(-c2cc(C(=O)N3[C@@H]4CC[C@H]3C[C@H](C(=O)NCc3ncc(F)cc3Cl)C4)n[nH]2)c(F)cn1. The van der Waals surface area contributed by atoms with Crippen molar-refractivity contribution in [1.29, 1.82) is 0 Å². The molecule has 3 aromatic heterocycles. The predicted molar refractivity (Wildman–Crippen MR) is 125 cm³/mol. The molecule has 2 bridgehead atoms. The Morgan fingerprint density at radius 3 is 2.61 bits per heavy atom. The van der Waals surface area contributed by atoms with Crippen molar-refractivity contribution < 1.29 is 23.1 Å². The molecule has 5 heterocycles. The van der Waals surface area contributed by atoms with Crippen molar-refractivity contribution in [3.05, 3.63) is 58.6 Å². The molecule has 3 atom stereocenters. The van der Waals surface area contributed by atoms with Gasteiger partial charge in [-0.05, 0) is 37.8 Å². The zero-order valence-electron chi connectivity index (χ0n) is 19.3. The minimum atomic E-state index is -0.567. The third-order valence-electron chi connectivity index (χ3n) is 6.78. The second-order valence-electron chi connectivity index (χ2n) is 8.94. The average Bonchev–Trinajstić information content (AvgIpc) is 3.45. The lowest BCUT2D eigenvalue weighted by Crippen LogP contribution is -2.49. The van der Waals surface area contributed by atoms with Crippen LogP contribution in [0.3, 0.4) is 0 Å². The van der Waals surface area contributed by atoms with E-state index in [0.717, 1.165) is 31.3 Å². The van der Waals surface area contributed by atoms with Gasteiger partial charge in [-0.2, -0.15) is 5.10 Å². The summed E-state index contributed by atoms with van der Waals surface area (Å²) in [7, 11) is 1.43. The lowest BCUT2D eigenvalue weighted by molar-refractivity contribution is -0.127. The fourth-order valence-electron chi connectivity index (χ4n) is 5.05. The van der Waals surface area contributed by atoms with Crippen LogP contribution < -0.4 is 10.1 Å². The standard InChI is InChI=1S/C24H23ClF2N6O3/c1-36-22-7-16(18(27)10-29-22)19-8-20(32-31-19)24(35)33-14-2-3-15(33)5-12(4-14)23(34)30-11-21-17(25)6-13(26)9-28-21/h6-10,12,14-15H,2-5,11H2,1H3,(H,30,34)(H,31,32)/t12-,14-,15+. The van der Waals surface area contributed by atoms with Gasteiger partial charge in [-0.1, -0.05) is 11.6 Å². The first-order chi connectivity index (χ1) is 17.3. The quantitative estimate of drug-likeness (QED) is 0.518. The van der Waals surface area contributed by atoms with Crippen LogP contribution >= 0.6 is 11.6 Å². The maximum absolute atomic E-state index is 14.3. The van der Waals surface area contributed by atoms with Gasteiger partial charge in [0.1, 0.15) is 5.82 Å². The van der Waals surface area contributed by atoms with Gasteiger partial charge in [-0.15, -0.1) is 0 Å². The highest BCUT2D eigenvalue weighted by molar-refractivity contribution is 6.31. The molecular formula is C24H23ClF2N6O3. The van der Waals surface area contributed by atoms with E-state index in [0.29, 0.717) is 24.2 Å². The normalized spacial score (nSPS) is 20.9. The molecule has 0 spiro atoms. The number of halogens is 3. The van der Waals surface area contributed by atoms with Gasteiger partial charge < -0.3 is 15.0 Å².